The normalized spacial score (nSPS) is 16.5. The lowest BCUT2D eigenvalue weighted by Crippen LogP contribution is -2.24. The third-order valence-corrected chi connectivity index (χ3v) is 7.44. The van der Waals surface area contributed by atoms with E-state index in [9.17, 15) is 9.59 Å². The van der Waals surface area contributed by atoms with Gasteiger partial charge < -0.3 is 30.4 Å². The van der Waals surface area contributed by atoms with E-state index in [1.807, 2.05) is 60.5 Å². The van der Waals surface area contributed by atoms with Gasteiger partial charge in [-0.25, -0.2) is 4.98 Å². The van der Waals surface area contributed by atoms with E-state index in [1.165, 1.54) is 0 Å². The Morgan fingerprint density at radius 3 is 2.78 bits per heavy atom. The van der Waals surface area contributed by atoms with Crippen LogP contribution in [0.5, 0.6) is 5.75 Å². The average molecular weight is 548 g/mol. The number of pyridine rings is 2. The number of anilines is 4. The summed E-state index contributed by atoms with van der Waals surface area (Å²) < 4.78 is 11.6. The highest BCUT2D eigenvalue weighted by atomic mass is 16.5. The average Bonchev–Trinajstić information content (AvgIpc) is 3.61. The van der Waals surface area contributed by atoms with Gasteiger partial charge in [0, 0.05) is 53.2 Å². The number of aromatic nitrogens is 2. The van der Waals surface area contributed by atoms with Crippen LogP contribution in [0.15, 0.2) is 67.1 Å². The molecule has 0 aliphatic carbocycles. The van der Waals surface area contributed by atoms with Crippen LogP contribution in [-0.4, -0.2) is 41.3 Å². The molecule has 205 valence electrons. The molecule has 1 fully saturated rings. The molecule has 2 amide bonds. The lowest BCUT2D eigenvalue weighted by atomic mass is 9.86. The summed E-state index contributed by atoms with van der Waals surface area (Å²) >= 11 is 0. The van der Waals surface area contributed by atoms with E-state index in [0.29, 0.717) is 35.8 Å². The number of rotatable bonds is 5. The van der Waals surface area contributed by atoms with Crippen LogP contribution in [0.2, 0.25) is 0 Å². The predicted octanol–water partition coefficient (Wildman–Crippen LogP) is 3.67. The summed E-state index contributed by atoms with van der Waals surface area (Å²) in [5, 5.41) is 6.21. The number of amides is 2. The van der Waals surface area contributed by atoms with Gasteiger partial charge >= 0.3 is 7.48 Å². The first-order valence-electron chi connectivity index (χ1n) is 13.2. The molecule has 1 atom stereocenters. The third-order valence-electron chi connectivity index (χ3n) is 7.44. The summed E-state index contributed by atoms with van der Waals surface area (Å²) in [5.74, 6) is 1.32. The lowest BCUT2D eigenvalue weighted by molar-refractivity contribution is -0.117. The van der Waals surface area contributed by atoms with Crippen LogP contribution < -0.4 is 25.7 Å². The number of hydrogen-bond acceptors (Lipinski definition) is 7. The largest absolute Gasteiger partial charge is 0.485 e. The van der Waals surface area contributed by atoms with Crippen molar-refractivity contribution in [3.8, 4) is 16.9 Å². The minimum atomic E-state index is -0.220. The monoisotopic (exact) mass is 548 g/mol. The van der Waals surface area contributed by atoms with E-state index in [0.717, 1.165) is 52.1 Å². The van der Waals surface area contributed by atoms with Crippen molar-refractivity contribution in [3.63, 3.8) is 0 Å². The molecular weight excluding hydrogens is 521 g/mol. The Bertz CT molecular complexity index is 1680. The Kier molecular flexibility index (Phi) is 6.90. The SMILES string of the molecule is CC1Oc2cc(N3CCCC3=O)ccc2-c2cnc(Nc3cncc(NC(=O)c4ccc5c(c4)CO[B]5)c3)cc21.O. The number of fused-ring (bicyclic) bond motifs is 4. The van der Waals surface area contributed by atoms with Gasteiger partial charge in [0.25, 0.3) is 5.91 Å². The molecule has 1 radical (unpaired) electrons. The number of nitrogens with zero attached hydrogens (tertiary/aromatic N) is 3. The second-order valence-corrected chi connectivity index (χ2v) is 10.1. The smallest absolute Gasteiger partial charge is 0.330 e. The summed E-state index contributed by atoms with van der Waals surface area (Å²) in [6, 6.07) is 15.2. The van der Waals surface area contributed by atoms with Crippen molar-refractivity contribution in [1.29, 1.82) is 0 Å². The summed E-state index contributed by atoms with van der Waals surface area (Å²) in [6.45, 7) is 3.21. The second-order valence-electron chi connectivity index (χ2n) is 10.1. The minimum Gasteiger partial charge on any atom is -0.485 e. The van der Waals surface area contributed by atoms with Crippen molar-refractivity contribution in [2.24, 2.45) is 0 Å². The van der Waals surface area contributed by atoms with Gasteiger partial charge in [-0.05, 0) is 60.8 Å². The number of benzene rings is 2. The van der Waals surface area contributed by atoms with Crippen LogP contribution in [0.3, 0.4) is 0 Å². The van der Waals surface area contributed by atoms with E-state index in [1.54, 1.807) is 25.9 Å². The quantitative estimate of drug-likeness (QED) is 0.363. The van der Waals surface area contributed by atoms with E-state index < -0.39 is 0 Å². The fourth-order valence-corrected chi connectivity index (χ4v) is 5.41. The van der Waals surface area contributed by atoms with Crippen molar-refractivity contribution in [1.82, 2.24) is 9.97 Å². The number of carbonyl (C=O) groups is 2. The Morgan fingerprint density at radius 2 is 1.93 bits per heavy atom. The topological polar surface area (TPSA) is 137 Å². The van der Waals surface area contributed by atoms with Gasteiger partial charge in [0.2, 0.25) is 5.91 Å². The molecule has 1 unspecified atom stereocenters. The highest BCUT2D eigenvalue weighted by Crippen LogP contribution is 2.44. The second kappa shape index (κ2) is 10.7. The highest BCUT2D eigenvalue weighted by molar-refractivity contribution is 6.48. The molecule has 3 aliphatic heterocycles. The molecule has 2 aromatic heterocycles. The molecule has 2 aromatic carbocycles. The van der Waals surface area contributed by atoms with E-state index in [2.05, 4.69) is 20.6 Å². The van der Waals surface area contributed by atoms with Gasteiger partial charge in [-0.3, -0.25) is 14.6 Å². The first-order chi connectivity index (χ1) is 19.5. The zero-order valence-electron chi connectivity index (χ0n) is 22.3. The van der Waals surface area contributed by atoms with Crippen LogP contribution in [0.4, 0.5) is 22.9 Å². The highest BCUT2D eigenvalue weighted by Gasteiger charge is 2.27. The first-order valence-corrected chi connectivity index (χ1v) is 13.2. The molecule has 10 nitrogen and oxygen atoms in total. The molecule has 0 bridgehead atoms. The van der Waals surface area contributed by atoms with Gasteiger partial charge in [0.1, 0.15) is 17.7 Å². The fraction of sp³-hybridized carbons (Fsp3) is 0.200. The van der Waals surface area contributed by atoms with Crippen LogP contribution in [0, 0.1) is 0 Å². The van der Waals surface area contributed by atoms with Crippen molar-refractivity contribution in [2.75, 3.05) is 22.1 Å². The molecule has 3 aliphatic rings. The Balaban J connectivity index is 0.00000302. The van der Waals surface area contributed by atoms with E-state index in [-0.39, 0.29) is 23.4 Å². The number of ether oxygens (including phenoxy) is 1. The fourth-order valence-electron chi connectivity index (χ4n) is 5.41. The molecule has 7 rings (SSSR count). The van der Waals surface area contributed by atoms with Crippen LogP contribution in [0.25, 0.3) is 11.1 Å². The van der Waals surface area contributed by atoms with Crippen LogP contribution >= 0.6 is 0 Å². The lowest BCUT2D eigenvalue weighted by Gasteiger charge is -2.28. The minimum absolute atomic E-state index is 0. The van der Waals surface area contributed by atoms with Crippen LogP contribution in [0.1, 0.15) is 47.4 Å². The molecule has 0 spiro atoms. The van der Waals surface area contributed by atoms with Crippen LogP contribution in [-0.2, 0) is 16.1 Å². The molecule has 1 saturated heterocycles. The van der Waals surface area contributed by atoms with Gasteiger partial charge in [-0.15, -0.1) is 0 Å². The molecule has 11 heteroatoms. The number of carbonyl (C=O) groups excluding carboxylic acids is 2. The van der Waals surface area contributed by atoms with Crippen molar-refractivity contribution < 1.29 is 24.5 Å². The maximum Gasteiger partial charge on any atom is 0.330 e. The summed E-state index contributed by atoms with van der Waals surface area (Å²) in [6.07, 6.45) is 6.38. The maximum atomic E-state index is 12.8. The third kappa shape index (κ3) is 5.01. The maximum absolute atomic E-state index is 12.8. The van der Waals surface area contributed by atoms with Crippen molar-refractivity contribution in [2.45, 2.75) is 32.5 Å². The molecule has 4 aromatic rings. The Labute approximate surface area is 237 Å². The Morgan fingerprint density at radius 1 is 1.05 bits per heavy atom. The van der Waals surface area contributed by atoms with E-state index in [4.69, 9.17) is 9.39 Å². The zero-order chi connectivity index (χ0) is 27.2. The summed E-state index contributed by atoms with van der Waals surface area (Å²) in [4.78, 5) is 35.8. The zero-order valence-corrected chi connectivity index (χ0v) is 22.3. The van der Waals surface area contributed by atoms with Gasteiger partial charge in [-0.1, -0.05) is 6.07 Å². The first kappa shape index (κ1) is 26.5. The predicted molar refractivity (Wildman–Crippen MR) is 156 cm³/mol. The number of nitrogens with one attached hydrogen (secondary N) is 2. The summed E-state index contributed by atoms with van der Waals surface area (Å²) in [5.41, 5.74) is 7.61. The van der Waals surface area contributed by atoms with Gasteiger partial charge in [-0.2, -0.15) is 0 Å². The summed E-state index contributed by atoms with van der Waals surface area (Å²) in [7, 11) is 1.70. The molecule has 4 N–H and O–H groups in total. The standard InChI is InChI=1S/C30H25BN5O4.H2O/c1-17-24-12-28(33-15-25(24)23-6-5-22(11-27(23)40-17)36-8-2-3-29(36)37)34-20-10-21(14-32-13-20)35-30(38)18-4-7-26-19(9-18)16-39-31-26;/h4-7,9-15,17H,2-3,8,16H2,1H3,(H,33,34)(H,35,38);1H2. The number of hydrogen-bond donors (Lipinski definition) is 2. The Hall–Kier alpha value is -4.74. The molecule has 0 saturated carbocycles. The van der Waals surface area contributed by atoms with E-state index >= 15 is 0 Å². The molecular formula is C30H27BN5O5. The van der Waals surface area contributed by atoms with Crippen molar-refractivity contribution in [3.05, 3.63) is 83.8 Å². The van der Waals surface area contributed by atoms with Gasteiger partial charge in [0.05, 0.1) is 30.4 Å². The van der Waals surface area contributed by atoms with Crippen molar-refractivity contribution >= 4 is 47.6 Å². The molecule has 5 heterocycles. The molecule has 41 heavy (non-hydrogen) atoms. The van der Waals surface area contributed by atoms with Gasteiger partial charge in [0.15, 0.2) is 0 Å².